The second kappa shape index (κ2) is 8.01. The van der Waals surface area contributed by atoms with Crippen molar-refractivity contribution in [1.82, 2.24) is 4.90 Å². The second-order valence-corrected chi connectivity index (χ2v) is 7.22. The van der Waals surface area contributed by atoms with Crippen LogP contribution < -0.4 is 9.64 Å². The van der Waals surface area contributed by atoms with E-state index in [0.29, 0.717) is 30.9 Å². The van der Waals surface area contributed by atoms with Crippen LogP contribution in [0, 0.1) is 0 Å². The summed E-state index contributed by atoms with van der Waals surface area (Å²) in [4.78, 5) is 16.4. The highest BCUT2D eigenvalue weighted by Crippen LogP contribution is 2.38. The summed E-state index contributed by atoms with van der Waals surface area (Å²) >= 11 is 5.70. The van der Waals surface area contributed by atoms with Crippen molar-refractivity contribution >= 4 is 23.2 Å². The molecule has 1 amide bonds. The Labute approximate surface area is 166 Å². The molecule has 8 heteroatoms. The van der Waals surface area contributed by atoms with E-state index in [-0.39, 0.29) is 18.1 Å². The summed E-state index contributed by atoms with van der Waals surface area (Å²) < 4.78 is 45.3. The van der Waals surface area contributed by atoms with Gasteiger partial charge in [-0.05, 0) is 50.3 Å². The molecule has 3 rings (SSSR count). The van der Waals surface area contributed by atoms with E-state index in [4.69, 9.17) is 16.3 Å². The van der Waals surface area contributed by atoms with Gasteiger partial charge in [0.2, 0.25) is 0 Å². The Bertz CT molecular complexity index is 884. The molecule has 0 atom stereocenters. The second-order valence-electron chi connectivity index (χ2n) is 6.81. The number of hydrogen-bond donors (Lipinski definition) is 0. The van der Waals surface area contributed by atoms with Crippen LogP contribution in [0.3, 0.4) is 0 Å². The standard InChI is InChI=1S/C20H20ClF3N2O2/c1-25(2)10-11-28-17-5-3-4-13-8-9-26(19(27)18(13)17)14-6-7-16(21)15(12-14)20(22,23)24/h3-7,12H,8-11H2,1-2H3. The van der Waals surface area contributed by atoms with Crippen LogP contribution in [0.2, 0.25) is 5.02 Å². The maximum Gasteiger partial charge on any atom is 0.417 e. The molecule has 0 fully saturated rings. The molecule has 0 N–H and O–H groups in total. The Balaban J connectivity index is 1.93. The first-order chi connectivity index (χ1) is 13.2. The average molecular weight is 413 g/mol. The first-order valence-corrected chi connectivity index (χ1v) is 9.14. The van der Waals surface area contributed by atoms with Gasteiger partial charge < -0.3 is 14.5 Å². The third-order valence-corrected chi connectivity index (χ3v) is 4.87. The monoisotopic (exact) mass is 412 g/mol. The molecule has 0 radical (unpaired) electrons. The number of alkyl halides is 3. The molecule has 0 saturated heterocycles. The van der Waals surface area contributed by atoms with Crippen LogP contribution in [-0.2, 0) is 12.6 Å². The van der Waals surface area contributed by atoms with Crippen LogP contribution in [0.4, 0.5) is 18.9 Å². The number of ether oxygens (including phenoxy) is 1. The van der Waals surface area contributed by atoms with Crippen molar-refractivity contribution in [3.05, 3.63) is 58.1 Å². The fourth-order valence-corrected chi connectivity index (χ4v) is 3.32. The number of nitrogens with zero attached hydrogens (tertiary/aromatic N) is 2. The zero-order valence-corrected chi connectivity index (χ0v) is 16.3. The molecule has 2 aromatic rings. The van der Waals surface area contributed by atoms with E-state index in [0.717, 1.165) is 11.6 Å². The zero-order valence-electron chi connectivity index (χ0n) is 15.5. The number of hydrogen-bond acceptors (Lipinski definition) is 3. The quantitative estimate of drug-likeness (QED) is 0.724. The van der Waals surface area contributed by atoms with Crippen molar-refractivity contribution in [2.24, 2.45) is 0 Å². The number of carbonyl (C=O) groups excluding carboxylic acids is 1. The third kappa shape index (κ3) is 4.25. The van der Waals surface area contributed by atoms with Gasteiger partial charge in [-0.2, -0.15) is 13.2 Å². The van der Waals surface area contributed by atoms with Crippen molar-refractivity contribution in [3.8, 4) is 5.75 Å². The van der Waals surface area contributed by atoms with Crippen LogP contribution in [0.5, 0.6) is 5.75 Å². The molecule has 0 aliphatic carbocycles. The van der Waals surface area contributed by atoms with E-state index in [2.05, 4.69) is 0 Å². The number of benzene rings is 2. The summed E-state index contributed by atoms with van der Waals surface area (Å²) in [6.45, 7) is 1.36. The van der Waals surface area contributed by atoms with Crippen molar-refractivity contribution in [3.63, 3.8) is 0 Å². The number of rotatable bonds is 5. The van der Waals surface area contributed by atoms with Crippen LogP contribution in [0.25, 0.3) is 0 Å². The van der Waals surface area contributed by atoms with E-state index < -0.39 is 16.8 Å². The molecule has 0 unspecified atom stereocenters. The van der Waals surface area contributed by atoms with Gasteiger partial charge in [0.05, 0.1) is 16.1 Å². The minimum Gasteiger partial charge on any atom is -0.491 e. The maximum atomic E-state index is 13.2. The van der Waals surface area contributed by atoms with Gasteiger partial charge in [-0.3, -0.25) is 4.79 Å². The summed E-state index contributed by atoms with van der Waals surface area (Å²) in [6, 6.07) is 8.88. The molecule has 4 nitrogen and oxygen atoms in total. The lowest BCUT2D eigenvalue weighted by Gasteiger charge is -2.30. The number of fused-ring (bicyclic) bond motifs is 1. The van der Waals surface area contributed by atoms with Crippen molar-refractivity contribution in [1.29, 1.82) is 0 Å². The molecule has 28 heavy (non-hydrogen) atoms. The Morgan fingerprint density at radius 3 is 2.64 bits per heavy atom. The number of likely N-dealkylation sites (N-methyl/N-ethyl adjacent to an activating group) is 1. The van der Waals surface area contributed by atoms with E-state index >= 15 is 0 Å². The zero-order chi connectivity index (χ0) is 20.5. The summed E-state index contributed by atoms with van der Waals surface area (Å²) in [5, 5.41) is -0.395. The molecular weight excluding hydrogens is 393 g/mol. The van der Waals surface area contributed by atoms with Crippen LogP contribution >= 0.6 is 11.6 Å². The summed E-state index contributed by atoms with van der Waals surface area (Å²) in [5.74, 6) is 0.0659. The van der Waals surface area contributed by atoms with Gasteiger partial charge >= 0.3 is 6.18 Å². The molecule has 2 aromatic carbocycles. The van der Waals surface area contributed by atoms with Gasteiger partial charge in [-0.15, -0.1) is 0 Å². The smallest absolute Gasteiger partial charge is 0.417 e. The fraction of sp³-hybridized carbons (Fsp3) is 0.350. The summed E-state index contributed by atoms with van der Waals surface area (Å²) in [7, 11) is 3.82. The summed E-state index contributed by atoms with van der Waals surface area (Å²) in [5.41, 5.74) is 0.431. The molecular formula is C20H20ClF3N2O2. The van der Waals surface area contributed by atoms with Gasteiger partial charge in [0, 0.05) is 18.8 Å². The average Bonchev–Trinajstić information content (AvgIpc) is 2.61. The highest BCUT2D eigenvalue weighted by atomic mass is 35.5. The normalized spacial score (nSPS) is 14.4. The van der Waals surface area contributed by atoms with Crippen LogP contribution in [0.15, 0.2) is 36.4 Å². The maximum absolute atomic E-state index is 13.2. The van der Waals surface area contributed by atoms with Crippen LogP contribution in [-0.4, -0.2) is 44.6 Å². The van der Waals surface area contributed by atoms with Crippen molar-refractivity contribution in [2.45, 2.75) is 12.6 Å². The van der Waals surface area contributed by atoms with Crippen molar-refractivity contribution in [2.75, 3.05) is 38.7 Å². The molecule has 0 saturated carbocycles. The Hall–Kier alpha value is -2.25. The van der Waals surface area contributed by atoms with E-state index in [1.54, 1.807) is 6.07 Å². The SMILES string of the molecule is CN(C)CCOc1cccc2c1C(=O)N(c1ccc(Cl)c(C(F)(F)F)c1)CC2. The number of anilines is 1. The molecule has 1 aliphatic rings. The van der Waals surface area contributed by atoms with Gasteiger partial charge in [-0.25, -0.2) is 0 Å². The van der Waals surface area contributed by atoms with Gasteiger partial charge in [0.25, 0.3) is 5.91 Å². The highest BCUT2D eigenvalue weighted by Gasteiger charge is 2.35. The Morgan fingerprint density at radius 2 is 1.96 bits per heavy atom. The van der Waals surface area contributed by atoms with Gasteiger partial charge in [0.1, 0.15) is 12.4 Å². The van der Waals surface area contributed by atoms with Gasteiger partial charge in [-0.1, -0.05) is 23.7 Å². The minimum absolute atomic E-state index is 0.162. The number of amides is 1. The first kappa shape index (κ1) is 20.5. The topological polar surface area (TPSA) is 32.8 Å². The van der Waals surface area contributed by atoms with Gasteiger partial charge in [0.15, 0.2) is 0 Å². The lowest BCUT2D eigenvalue weighted by Crippen LogP contribution is -2.38. The highest BCUT2D eigenvalue weighted by molar-refractivity contribution is 6.31. The largest absolute Gasteiger partial charge is 0.491 e. The Morgan fingerprint density at radius 1 is 1.21 bits per heavy atom. The van der Waals surface area contributed by atoms with E-state index in [1.807, 2.05) is 31.1 Å². The first-order valence-electron chi connectivity index (χ1n) is 8.76. The molecule has 1 aliphatic heterocycles. The van der Waals surface area contributed by atoms with E-state index in [1.165, 1.54) is 17.0 Å². The van der Waals surface area contributed by atoms with Crippen LogP contribution in [0.1, 0.15) is 21.5 Å². The predicted molar refractivity (Wildman–Crippen MR) is 102 cm³/mol. The number of halogens is 4. The molecule has 0 spiro atoms. The molecule has 150 valence electrons. The molecule has 1 heterocycles. The third-order valence-electron chi connectivity index (χ3n) is 4.54. The fourth-order valence-electron chi connectivity index (χ4n) is 3.10. The minimum atomic E-state index is -4.59. The van der Waals surface area contributed by atoms with E-state index in [9.17, 15) is 18.0 Å². The Kier molecular flexibility index (Phi) is 5.86. The number of carbonyl (C=O) groups is 1. The lowest BCUT2D eigenvalue weighted by molar-refractivity contribution is -0.137. The lowest BCUT2D eigenvalue weighted by atomic mass is 9.97. The molecule has 0 aromatic heterocycles. The summed E-state index contributed by atoms with van der Waals surface area (Å²) in [6.07, 6.45) is -4.07. The molecule has 0 bridgehead atoms. The predicted octanol–water partition coefficient (Wildman–Crippen LogP) is 4.50. The van der Waals surface area contributed by atoms with Crippen molar-refractivity contribution < 1.29 is 22.7 Å².